The summed E-state index contributed by atoms with van der Waals surface area (Å²) >= 11 is 0. The van der Waals surface area contributed by atoms with E-state index in [4.69, 9.17) is 0 Å². The minimum atomic E-state index is 0.337. The smallest absolute Gasteiger partial charge is 0.0994 e. The lowest BCUT2D eigenvalue weighted by molar-refractivity contribution is 0.377. The molecule has 0 aromatic heterocycles. The van der Waals surface area contributed by atoms with Crippen LogP contribution < -0.4 is 0 Å². The maximum absolute atomic E-state index is 9.67. The highest BCUT2D eigenvalue weighted by Crippen LogP contribution is 2.30. The van der Waals surface area contributed by atoms with Crippen LogP contribution in [0.15, 0.2) is 49.1 Å². The van der Waals surface area contributed by atoms with E-state index in [-0.39, 0.29) is 0 Å². The second kappa shape index (κ2) is 11.8. The fourth-order valence-electron chi connectivity index (χ4n) is 4.53. The Balaban J connectivity index is 2.28. The highest BCUT2D eigenvalue weighted by atomic mass is 14.3. The van der Waals surface area contributed by atoms with Crippen molar-refractivity contribution < 1.29 is 0 Å². The summed E-state index contributed by atoms with van der Waals surface area (Å²) in [6.45, 7) is 15.5. The first-order chi connectivity index (χ1) is 14.4. The Morgan fingerprint density at radius 2 is 1.63 bits per heavy atom. The predicted molar refractivity (Wildman–Crippen MR) is 130 cm³/mol. The van der Waals surface area contributed by atoms with E-state index in [2.05, 4.69) is 83.7 Å². The second-order valence-corrected chi connectivity index (χ2v) is 8.95. The fourth-order valence-corrected chi connectivity index (χ4v) is 4.53. The topological polar surface area (TPSA) is 23.8 Å². The van der Waals surface area contributed by atoms with E-state index in [1.807, 2.05) is 6.07 Å². The standard InChI is InChI=1S/C29H39N/c1-7-21(5)15-22(6)16-25(9-3)27-13-14-28(20-30)29(19-27)18-23-11-12-24(8-2)26(10-4)17-23/h9,11-14,17,19,21-22,25H,3,7-8,10,15-16,18H2,1-2,4-6H3. The first kappa shape index (κ1) is 23.9. The first-order valence-electron chi connectivity index (χ1n) is 11.7. The molecule has 0 fully saturated rings. The Hall–Kier alpha value is -2.33. The SMILES string of the molecule is C=CC(CC(C)CC(C)CC)c1ccc(C#N)c(Cc2ccc(CC)c(CC)c2)c1. The maximum Gasteiger partial charge on any atom is 0.0994 e. The third kappa shape index (κ3) is 6.33. The van der Waals surface area contributed by atoms with Gasteiger partial charge in [0.25, 0.3) is 0 Å². The number of benzene rings is 2. The molecule has 0 radical (unpaired) electrons. The Bertz CT molecular complexity index is 870. The Morgan fingerprint density at radius 1 is 0.900 bits per heavy atom. The molecule has 2 rings (SSSR count). The summed E-state index contributed by atoms with van der Waals surface area (Å²) in [6, 6.07) is 15.6. The Labute approximate surface area is 184 Å². The zero-order valence-electron chi connectivity index (χ0n) is 19.7. The van der Waals surface area contributed by atoms with E-state index in [9.17, 15) is 5.26 Å². The van der Waals surface area contributed by atoms with Gasteiger partial charge in [-0.25, -0.2) is 0 Å². The molecule has 0 amide bonds. The van der Waals surface area contributed by atoms with E-state index in [1.54, 1.807) is 0 Å². The first-order valence-corrected chi connectivity index (χ1v) is 11.7. The van der Waals surface area contributed by atoms with Crippen LogP contribution in [0.25, 0.3) is 0 Å². The van der Waals surface area contributed by atoms with Crippen LogP contribution in [0, 0.1) is 23.2 Å². The van der Waals surface area contributed by atoms with E-state index in [0.29, 0.717) is 11.8 Å². The van der Waals surface area contributed by atoms with Crippen molar-refractivity contribution in [2.24, 2.45) is 11.8 Å². The van der Waals surface area contributed by atoms with Gasteiger partial charge in [-0.15, -0.1) is 6.58 Å². The predicted octanol–water partition coefficient (Wildman–Crippen LogP) is 8.01. The molecule has 0 saturated heterocycles. The molecule has 2 aromatic rings. The van der Waals surface area contributed by atoms with Crippen molar-refractivity contribution >= 4 is 0 Å². The van der Waals surface area contributed by atoms with Gasteiger partial charge in [0.15, 0.2) is 0 Å². The van der Waals surface area contributed by atoms with Crippen LogP contribution in [-0.2, 0) is 19.3 Å². The van der Waals surface area contributed by atoms with Crippen LogP contribution in [0.1, 0.15) is 93.2 Å². The molecule has 3 atom stereocenters. The highest BCUT2D eigenvalue weighted by Gasteiger charge is 2.16. The molecule has 1 heteroatoms. The van der Waals surface area contributed by atoms with Crippen molar-refractivity contribution in [1.82, 2.24) is 0 Å². The summed E-state index contributed by atoms with van der Waals surface area (Å²) in [5.41, 5.74) is 7.34. The number of nitrogens with zero attached hydrogens (tertiary/aromatic N) is 1. The molecule has 1 nitrogen and oxygen atoms in total. The van der Waals surface area contributed by atoms with Gasteiger partial charge in [0.2, 0.25) is 0 Å². The third-order valence-electron chi connectivity index (χ3n) is 6.55. The van der Waals surface area contributed by atoms with E-state index >= 15 is 0 Å². The molecular weight excluding hydrogens is 362 g/mol. The minimum Gasteiger partial charge on any atom is -0.192 e. The van der Waals surface area contributed by atoms with Crippen LogP contribution in [0.2, 0.25) is 0 Å². The molecule has 0 N–H and O–H groups in total. The molecule has 0 aliphatic carbocycles. The molecule has 0 spiro atoms. The number of allylic oxidation sites excluding steroid dienone is 1. The highest BCUT2D eigenvalue weighted by molar-refractivity contribution is 5.45. The number of rotatable bonds is 11. The summed E-state index contributed by atoms with van der Waals surface area (Å²) in [4.78, 5) is 0. The summed E-state index contributed by atoms with van der Waals surface area (Å²) in [6.07, 6.45) is 8.62. The Morgan fingerprint density at radius 3 is 2.23 bits per heavy atom. The number of hydrogen-bond acceptors (Lipinski definition) is 1. The molecule has 30 heavy (non-hydrogen) atoms. The lowest BCUT2D eigenvalue weighted by Crippen LogP contribution is -2.08. The molecular formula is C29H39N. The summed E-state index contributed by atoms with van der Waals surface area (Å²) in [5, 5.41) is 9.67. The van der Waals surface area contributed by atoms with Crippen LogP contribution in [-0.4, -0.2) is 0 Å². The van der Waals surface area contributed by atoms with Crippen molar-refractivity contribution in [2.45, 2.75) is 79.1 Å². The summed E-state index contributed by atoms with van der Waals surface area (Å²) in [7, 11) is 0. The average Bonchev–Trinajstić information content (AvgIpc) is 2.77. The van der Waals surface area contributed by atoms with Gasteiger partial charge >= 0.3 is 0 Å². The van der Waals surface area contributed by atoms with Crippen molar-refractivity contribution in [3.8, 4) is 6.07 Å². The van der Waals surface area contributed by atoms with Crippen LogP contribution in [0.3, 0.4) is 0 Å². The van der Waals surface area contributed by atoms with E-state index in [1.165, 1.54) is 35.1 Å². The van der Waals surface area contributed by atoms with Crippen LogP contribution in [0.4, 0.5) is 0 Å². The van der Waals surface area contributed by atoms with E-state index in [0.717, 1.165) is 42.7 Å². The molecule has 3 unspecified atom stereocenters. The van der Waals surface area contributed by atoms with Crippen molar-refractivity contribution in [2.75, 3.05) is 0 Å². The average molecular weight is 402 g/mol. The largest absolute Gasteiger partial charge is 0.192 e. The van der Waals surface area contributed by atoms with Crippen molar-refractivity contribution in [3.63, 3.8) is 0 Å². The van der Waals surface area contributed by atoms with Gasteiger partial charge in [0, 0.05) is 5.92 Å². The number of hydrogen-bond donors (Lipinski definition) is 0. The molecule has 160 valence electrons. The van der Waals surface area contributed by atoms with Crippen LogP contribution in [0.5, 0.6) is 0 Å². The lowest BCUT2D eigenvalue weighted by Gasteiger charge is -2.21. The molecule has 0 bridgehead atoms. The van der Waals surface area contributed by atoms with Crippen LogP contribution >= 0.6 is 0 Å². The Kier molecular flexibility index (Phi) is 9.38. The monoisotopic (exact) mass is 401 g/mol. The zero-order chi connectivity index (χ0) is 22.1. The molecule has 2 aromatic carbocycles. The maximum atomic E-state index is 9.67. The summed E-state index contributed by atoms with van der Waals surface area (Å²) < 4.78 is 0. The van der Waals surface area contributed by atoms with Gasteiger partial charge in [0.1, 0.15) is 0 Å². The minimum absolute atomic E-state index is 0.337. The quantitative estimate of drug-likeness (QED) is 0.350. The van der Waals surface area contributed by atoms with Crippen molar-refractivity contribution in [3.05, 3.63) is 82.4 Å². The molecule has 0 heterocycles. The van der Waals surface area contributed by atoms with Gasteiger partial charge in [0.05, 0.1) is 11.6 Å². The van der Waals surface area contributed by atoms with Gasteiger partial charge in [-0.1, -0.05) is 77.4 Å². The molecule has 0 saturated carbocycles. The molecule has 0 aliphatic rings. The lowest BCUT2D eigenvalue weighted by atomic mass is 9.83. The number of nitriles is 1. The van der Waals surface area contributed by atoms with E-state index < -0.39 is 0 Å². The third-order valence-corrected chi connectivity index (χ3v) is 6.55. The van der Waals surface area contributed by atoms with Gasteiger partial charge < -0.3 is 0 Å². The number of aryl methyl sites for hydroxylation is 2. The molecule has 0 aliphatic heterocycles. The van der Waals surface area contributed by atoms with Gasteiger partial charge in [-0.05, 0) is 77.8 Å². The van der Waals surface area contributed by atoms with Crippen molar-refractivity contribution in [1.29, 1.82) is 5.26 Å². The zero-order valence-corrected chi connectivity index (χ0v) is 19.7. The van der Waals surface area contributed by atoms with Gasteiger partial charge in [-0.3, -0.25) is 0 Å². The second-order valence-electron chi connectivity index (χ2n) is 8.95. The van der Waals surface area contributed by atoms with Gasteiger partial charge in [-0.2, -0.15) is 5.26 Å². The normalized spacial score (nSPS) is 14.0. The fraction of sp³-hybridized carbons (Fsp3) is 0.483. The summed E-state index contributed by atoms with van der Waals surface area (Å²) in [5.74, 6) is 1.76.